The standard InChI is InChI=1S/C15H21N3O3/c1-11-10-12(5-6-14(11)18(20)21)15(19)17-9-3-2-4-13(17)7-8-16/h5-6,10,13H,2-4,7-9,16H2,1H3. The normalized spacial score (nSPS) is 18.6. The summed E-state index contributed by atoms with van der Waals surface area (Å²) >= 11 is 0. The quantitative estimate of drug-likeness (QED) is 0.680. The van der Waals surface area contributed by atoms with Crippen LogP contribution in [0.3, 0.4) is 0 Å². The van der Waals surface area contributed by atoms with Crippen LogP contribution in [0.1, 0.15) is 41.6 Å². The third kappa shape index (κ3) is 3.39. The van der Waals surface area contributed by atoms with E-state index in [9.17, 15) is 14.9 Å². The van der Waals surface area contributed by atoms with Gasteiger partial charge in [0.2, 0.25) is 0 Å². The van der Waals surface area contributed by atoms with Crippen LogP contribution in [0.4, 0.5) is 5.69 Å². The maximum Gasteiger partial charge on any atom is 0.272 e. The van der Waals surface area contributed by atoms with Crippen LogP contribution in [0, 0.1) is 17.0 Å². The summed E-state index contributed by atoms with van der Waals surface area (Å²) in [5.74, 6) is -0.0499. The minimum absolute atomic E-state index is 0.0451. The van der Waals surface area contributed by atoms with Crippen LogP contribution in [-0.4, -0.2) is 34.9 Å². The molecule has 6 heteroatoms. The number of likely N-dealkylation sites (tertiary alicyclic amines) is 1. The van der Waals surface area contributed by atoms with E-state index in [0.29, 0.717) is 17.7 Å². The minimum Gasteiger partial charge on any atom is -0.336 e. The summed E-state index contributed by atoms with van der Waals surface area (Å²) in [6.45, 7) is 2.95. The number of piperidine rings is 1. The van der Waals surface area contributed by atoms with Gasteiger partial charge < -0.3 is 10.6 Å². The van der Waals surface area contributed by atoms with E-state index in [1.54, 1.807) is 19.1 Å². The van der Waals surface area contributed by atoms with Crippen molar-refractivity contribution in [3.63, 3.8) is 0 Å². The zero-order valence-electron chi connectivity index (χ0n) is 12.2. The van der Waals surface area contributed by atoms with Crippen LogP contribution in [0.5, 0.6) is 0 Å². The van der Waals surface area contributed by atoms with Crippen molar-refractivity contribution >= 4 is 11.6 Å². The van der Waals surface area contributed by atoms with Gasteiger partial charge in [0.15, 0.2) is 0 Å². The smallest absolute Gasteiger partial charge is 0.272 e. The zero-order valence-corrected chi connectivity index (χ0v) is 12.2. The lowest BCUT2D eigenvalue weighted by Gasteiger charge is -2.35. The Morgan fingerprint density at radius 3 is 2.86 bits per heavy atom. The summed E-state index contributed by atoms with van der Waals surface area (Å²) in [6.07, 6.45) is 3.90. The fourth-order valence-electron chi connectivity index (χ4n) is 2.92. The average Bonchev–Trinajstić information content (AvgIpc) is 2.47. The molecule has 0 spiro atoms. The molecule has 114 valence electrons. The number of nitro groups is 1. The predicted octanol–water partition coefficient (Wildman–Crippen LogP) is 2.25. The first-order chi connectivity index (χ1) is 10.0. The second-order valence-electron chi connectivity index (χ2n) is 5.48. The molecule has 0 radical (unpaired) electrons. The molecular formula is C15H21N3O3. The molecule has 6 nitrogen and oxygen atoms in total. The Kier molecular flexibility index (Phi) is 4.90. The van der Waals surface area contributed by atoms with Gasteiger partial charge in [-0.3, -0.25) is 14.9 Å². The van der Waals surface area contributed by atoms with Gasteiger partial charge in [0.1, 0.15) is 0 Å². The first-order valence-electron chi connectivity index (χ1n) is 7.30. The molecule has 2 N–H and O–H groups in total. The summed E-state index contributed by atoms with van der Waals surface area (Å²) in [5.41, 5.74) is 6.70. The van der Waals surface area contributed by atoms with Gasteiger partial charge >= 0.3 is 0 Å². The molecule has 1 amide bonds. The monoisotopic (exact) mass is 291 g/mol. The van der Waals surface area contributed by atoms with E-state index in [2.05, 4.69) is 0 Å². The van der Waals surface area contributed by atoms with Crippen LogP contribution in [-0.2, 0) is 0 Å². The van der Waals surface area contributed by atoms with E-state index in [1.165, 1.54) is 6.07 Å². The van der Waals surface area contributed by atoms with Crippen molar-refractivity contribution in [3.05, 3.63) is 39.4 Å². The van der Waals surface area contributed by atoms with Crippen LogP contribution in [0.25, 0.3) is 0 Å². The summed E-state index contributed by atoms with van der Waals surface area (Å²) in [7, 11) is 0. The van der Waals surface area contributed by atoms with Crippen LogP contribution in [0.2, 0.25) is 0 Å². The van der Waals surface area contributed by atoms with Gasteiger partial charge in [-0.1, -0.05) is 0 Å². The Morgan fingerprint density at radius 1 is 1.48 bits per heavy atom. The first kappa shape index (κ1) is 15.4. The molecule has 1 aromatic rings. The lowest BCUT2D eigenvalue weighted by Crippen LogP contribution is -2.44. The highest BCUT2D eigenvalue weighted by Gasteiger charge is 2.27. The van der Waals surface area contributed by atoms with E-state index >= 15 is 0 Å². The molecule has 1 heterocycles. The number of nitrogens with zero attached hydrogens (tertiary/aromatic N) is 2. The molecule has 1 fully saturated rings. The second-order valence-corrected chi connectivity index (χ2v) is 5.48. The minimum atomic E-state index is -0.429. The van der Waals surface area contributed by atoms with Crippen molar-refractivity contribution < 1.29 is 9.72 Å². The van der Waals surface area contributed by atoms with Crippen LogP contribution >= 0.6 is 0 Å². The van der Waals surface area contributed by atoms with E-state index in [0.717, 1.165) is 32.2 Å². The third-order valence-corrected chi connectivity index (χ3v) is 4.03. The Balaban J connectivity index is 2.22. The van der Waals surface area contributed by atoms with Gasteiger partial charge in [0.25, 0.3) is 11.6 Å². The fraction of sp³-hybridized carbons (Fsp3) is 0.533. The van der Waals surface area contributed by atoms with Gasteiger partial charge in [0, 0.05) is 29.8 Å². The number of rotatable bonds is 4. The molecule has 21 heavy (non-hydrogen) atoms. The van der Waals surface area contributed by atoms with Crippen molar-refractivity contribution in [1.82, 2.24) is 4.90 Å². The number of nitrogens with two attached hydrogens (primary N) is 1. The van der Waals surface area contributed by atoms with Crippen LogP contribution in [0.15, 0.2) is 18.2 Å². The molecule has 1 saturated heterocycles. The highest BCUT2D eigenvalue weighted by atomic mass is 16.6. The molecule has 0 aromatic heterocycles. The number of hydrogen-bond acceptors (Lipinski definition) is 4. The number of hydrogen-bond donors (Lipinski definition) is 1. The molecule has 1 aliphatic rings. The van der Waals surface area contributed by atoms with E-state index in [1.807, 2.05) is 4.90 Å². The third-order valence-electron chi connectivity index (χ3n) is 4.03. The van der Waals surface area contributed by atoms with E-state index in [-0.39, 0.29) is 17.6 Å². The van der Waals surface area contributed by atoms with Gasteiger partial charge in [-0.05, 0) is 51.3 Å². The fourth-order valence-corrected chi connectivity index (χ4v) is 2.92. The highest BCUT2D eigenvalue weighted by Crippen LogP contribution is 2.24. The number of amides is 1. The lowest BCUT2D eigenvalue weighted by atomic mass is 9.98. The summed E-state index contributed by atoms with van der Waals surface area (Å²) in [4.78, 5) is 24.9. The molecular weight excluding hydrogens is 270 g/mol. The first-order valence-corrected chi connectivity index (χ1v) is 7.30. The SMILES string of the molecule is Cc1cc(C(=O)N2CCCCC2CCN)ccc1[N+](=O)[O-]. The summed E-state index contributed by atoms with van der Waals surface area (Å²) < 4.78 is 0. The molecule has 1 atom stereocenters. The molecule has 1 unspecified atom stereocenters. The van der Waals surface area contributed by atoms with Crippen molar-refractivity contribution in [2.75, 3.05) is 13.1 Å². The molecule has 1 aliphatic heterocycles. The topological polar surface area (TPSA) is 89.5 Å². The number of carbonyl (C=O) groups is 1. The number of aryl methyl sites for hydroxylation is 1. The van der Waals surface area contributed by atoms with Gasteiger partial charge in [-0.15, -0.1) is 0 Å². The Hall–Kier alpha value is -1.95. The van der Waals surface area contributed by atoms with Gasteiger partial charge in [-0.25, -0.2) is 0 Å². The van der Waals surface area contributed by atoms with Crippen molar-refractivity contribution in [1.29, 1.82) is 0 Å². The number of nitro benzene ring substituents is 1. The van der Waals surface area contributed by atoms with Gasteiger partial charge in [0.05, 0.1) is 4.92 Å². The molecule has 0 aliphatic carbocycles. The largest absolute Gasteiger partial charge is 0.336 e. The maximum absolute atomic E-state index is 12.6. The second kappa shape index (κ2) is 6.67. The van der Waals surface area contributed by atoms with Crippen molar-refractivity contribution in [3.8, 4) is 0 Å². The van der Waals surface area contributed by atoms with Crippen LogP contribution < -0.4 is 5.73 Å². The van der Waals surface area contributed by atoms with E-state index < -0.39 is 4.92 Å². The summed E-state index contributed by atoms with van der Waals surface area (Å²) in [6, 6.07) is 4.74. The molecule has 0 saturated carbocycles. The van der Waals surface area contributed by atoms with Crippen molar-refractivity contribution in [2.45, 2.75) is 38.6 Å². The van der Waals surface area contributed by atoms with E-state index in [4.69, 9.17) is 5.73 Å². The number of carbonyl (C=O) groups excluding carboxylic acids is 1. The van der Waals surface area contributed by atoms with Crippen molar-refractivity contribution in [2.24, 2.45) is 5.73 Å². The Morgan fingerprint density at radius 2 is 2.24 bits per heavy atom. The average molecular weight is 291 g/mol. The molecule has 1 aromatic carbocycles. The highest BCUT2D eigenvalue weighted by molar-refractivity contribution is 5.95. The Labute approximate surface area is 124 Å². The zero-order chi connectivity index (χ0) is 15.4. The molecule has 2 rings (SSSR count). The predicted molar refractivity (Wildman–Crippen MR) is 80.2 cm³/mol. The summed E-state index contributed by atoms with van der Waals surface area (Å²) in [5, 5.41) is 10.8. The lowest BCUT2D eigenvalue weighted by molar-refractivity contribution is -0.385. The maximum atomic E-state index is 12.6. The molecule has 0 bridgehead atoms. The number of benzene rings is 1. The Bertz CT molecular complexity index is 543. The van der Waals surface area contributed by atoms with Gasteiger partial charge in [-0.2, -0.15) is 0 Å².